The fourth-order valence-corrected chi connectivity index (χ4v) is 1.19. The second-order valence-electron chi connectivity index (χ2n) is 4.20. The maximum absolute atomic E-state index is 10.7. The van der Waals surface area contributed by atoms with Gasteiger partial charge in [-0.05, 0) is 13.3 Å². The first kappa shape index (κ1) is 14.1. The molecule has 0 aromatic carbocycles. The summed E-state index contributed by atoms with van der Waals surface area (Å²) in [6.07, 6.45) is 0.553. The maximum atomic E-state index is 10.7. The molecule has 1 aromatic rings. The number of hydrogen-bond donors (Lipinski definition) is 4. The molecule has 8 nitrogen and oxygen atoms in total. The highest BCUT2D eigenvalue weighted by Crippen LogP contribution is 2.20. The van der Waals surface area contributed by atoms with Crippen LogP contribution in [0.4, 0.5) is 17.3 Å². The number of nitrogens with two attached hydrogens (primary N) is 1. The van der Waals surface area contributed by atoms with Crippen LogP contribution in [0, 0.1) is 10.1 Å². The molecule has 1 unspecified atom stereocenters. The minimum absolute atomic E-state index is 0.128. The molecule has 0 aliphatic carbocycles. The van der Waals surface area contributed by atoms with E-state index in [9.17, 15) is 15.2 Å². The van der Waals surface area contributed by atoms with Crippen LogP contribution >= 0.6 is 0 Å². The molecule has 8 heteroatoms. The zero-order valence-electron chi connectivity index (χ0n) is 10.3. The SMILES string of the molecule is CCC(C)(O)CNc1cc([N+](=O)[O-])cc(NN)n1. The number of pyridine rings is 1. The van der Waals surface area contributed by atoms with Crippen molar-refractivity contribution in [2.75, 3.05) is 17.3 Å². The van der Waals surface area contributed by atoms with Crippen molar-refractivity contribution in [1.82, 2.24) is 4.98 Å². The van der Waals surface area contributed by atoms with Crippen molar-refractivity contribution < 1.29 is 10.0 Å². The van der Waals surface area contributed by atoms with Gasteiger partial charge in [-0.1, -0.05) is 6.92 Å². The molecule has 18 heavy (non-hydrogen) atoms. The van der Waals surface area contributed by atoms with Gasteiger partial charge in [0.25, 0.3) is 5.69 Å². The van der Waals surface area contributed by atoms with E-state index in [1.54, 1.807) is 6.92 Å². The summed E-state index contributed by atoms with van der Waals surface area (Å²) < 4.78 is 0. The van der Waals surface area contributed by atoms with E-state index >= 15 is 0 Å². The van der Waals surface area contributed by atoms with Crippen molar-refractivity contribution in [2.45, 2.75) is 25.9 Å². The van der Waals surface area contributed by atoms with Crippen LogP contribution in [0.15, 0.2) is 12.1 Å². The van der Waals surface area contributed by atoms with Crippen LogP contribution < -0.4 is 16.6 Å². The van der Waals surface area contributed by atoms with E-state index in [0.29, 0.717) is 6.42 Å². The highest BCUT2D eigenvalue weighted by atomic mass is 16.6. The molecule has 1 rings (SSSR count). The Morgan fingerprint density at radius 1 is 1.56 bits per heavy atom. The van der Waals surface area contributed by atoms with Gasteiger partial charge in [-0.25, -0.2) is 10.8 Å². The molecule has 0 saturated heterocycles. The van der Waals surface area contributed by atoms with Gasteiger partial charge in [0.05, 0.1) is 22.7 Å². The lowest BCUT2D eigenvalue weighted by molar-refractivity contribution is -0.384. The Labute approximate surface area is 104 Å². The molecule has 0 saturated carbocycles. The number of anilines is 2. The van der Waals surface area contributed by atoms with Crippen LogP contribution in [-0.4, -0.2) is 27.2 Å². The number of nitro groups is 1. The average molecular weight is 255 g/mol. The Morgan fingerprint density at radius 3 is 2.67 bits per heavy atom. The molecule has 1 heterocycles. The van der Waals surface area contributed by atoms with Crippen LogP contribution in [0.25, 0.3) is 0 Å². The van der Waals surface area contributed by atoms with Crippen LogP contribution in [0.2, 0.25) is 0 Å². The lowest BCUT2D eigenvalue weighted by Gasteiger charge is -2.21. The van der Waals surface area contributed by atoms with Gasteiger partial charge in [-0.15, -0.1) is 0 Å². The molecule has 0 spiro atoms. The topological polar surface area (TPSA) is 126 Å². The second-order valence-corrected chi connectivity index (χ2v) is 4.20. The first-order valence-electron chi connectivity index (χ1n) is 5.47. The van der Waals surface area contributed by atoms with Gasteiger partial charge in [-0.2, -0.15) is 0 Å². The summed E-state index contributed by atoms with van der Waals surface area (Å²) in [6, 6.07) is 2.51. The molecular weight excluding hydrogens is 238 g/mol. The van der Waals surface area contributed by atoms with E-state index in [1.807, 2.05) is 6.92 Å². The van der Waals surface area contributed by atoms with Gasteiger partial charge in [0.15, 0.2) is 0 Å². The molecule has 0 bridgehead atoms. The zero-order valence-corrected chi connectivity index (χ0v) is 10.3. The molecule has 0 aliphatic heterocycles. The van der Waals surface area contributed by atoms with E-state index in [-0.39, 0.29) is 23.9 Å². The number of nitrogens with one attached hydrogen (secondary N) is 2. The minimum atomic E-state index is -0.900. The number of aromatic nitrogens is 1. The van der Waals surface area contributed by atoms with Crippen LogP contribution in [-0.2, 0) is 0 Å². The number of rotatable bonds is 6. The molecule has 5 N–H and O–H groups in total. The standard InChI is InChI=1S/C10H17N5O3/c1-3-10(2,16)6-12-8-4-7(15(17)18)5-9(13-8)14-11/h4-5,16H,3,6,11H2,1-2H3,(H2,12,13,14). The van der Waals surface area contributed by atoms with Gasteiger partial charge in [0, 0.05) is 6.54 Å². The Morgan fingerprint density at radius 2 is 2.17 bits per heavy atom. The molecule has 100 valence electrons. The van der Waals surface area contributed by atoms with Crippen LogP contribution in [0.1, 0.15) is 20.3 Å². The highest BCUT2D eigenvalue weighted by molar-refractivity contribution is 5.54. The van der Waals surface area contributed by atoms with Gasteiger partial charge >= 0.3 is 0 Å². The number of aliphatic hydroxyl groups is 1. The van der Waals surface area contributed by atoms with Crippen molar-refractivity contribution in [2.24, 2.45) is 5.84 Å². The smallest absolute Gasteiger partial charge is 0.276 e. The third kappa shape index (κ3) is 3.82. The van der Waals surface area contributed by atoms with E-state index in [0.717, 1.165) is 0 Å². The molecule has 1 aromatic heterocycles. The molecule has 0 radical (unpaired) electrons. The first-order chi connectivity index (χ1) is 8.38. The third-order valence-electron chi connectivity index (χ3n) is 2.58. The fraction of sp³-hybridized carbons (Fsp3) is 0.500. The van der Waals surface area contributed by atoms with E-state index in [1.165, 1.54) is 12.1 Å². The summed E-state index contributed by atoms with van der Waals surface area (Å²) in [7, 11) is 0. The van der Waals surface area contributed by atoms with Crippen LogP contribution in [0.3, 0.4) is 0 Å². The fourth-order valence-electron chi connectivity index (χ4n) is 1.19. The van der Waals surface area contributed by atoms with Crippen molar-refractivity contribution in [3.8, 4) is 0 Å². The number of nitrogens with zero attached hydrogens (tertiary/aromatic N) is 2. The number of nitrogen functional groups attached to an aromatic ring is 1. The second kappa shape index (κ2) is 5.61. The normalized spacial score (nSPS) is 13.8. The third-order valence-corrected chi connectivity index (χ3v) is 2.58. The van der Waals surface area contributed by atoms with Crippen molar-refractivity contribution in [3.63, 3.8) is 0 Å². The minimum Gasteiger partial charge on any atom is -0.388 e. The van der Waals surface area contributed by atoms with Gasteiger partial charge in [-0.3, -0.25) is 10.1 Å². The van der Waals surface area contributed by atoms with E-state index < -0.39 is 10.5 Å². The van der Waals surface area contributed by atoms with Gasteiger partial charge < -0.3 is 15.8 Å². The van der Waals surface area contributed by atoms with Gasteiger partial charge in [0.2, 0.25) is 0 Å². The number of hydrazine groups is 1. The monoisotopic (exact) mass is 255 g/mol. The lowest BCUT2D eigenvalue weighted by Crippen LogP contribution is -2.32. The average Bonchev–Trinajstić information content (AvgIpc) is 2.36. The van der Waals surface area contributed by atoms with Crippen LogP contribution in [0.5, 0.6) is 0 Å². The van der Waals surface area contributed by atoms with Crippen molar-refractivity contribution in [3.05, 3.63) is 22.2 Å². The quantitative estimate of drug-likeness (QED) is 0.337. The molecule has 1 atom stereocenters. The lowest BCUT2D eigenvalue weighted by atomic mass is 10.0. The summed E-state index contributed by atoms with van der Waals surface area (Å²) in [5, 5.41) is 23.4. The summed E-state index contributed by atoms with van der Waals surface area (Å²) in [5.74, 6) is 5.65. The summed E-state index contributed by atoms with van der Waals surface area (Å²) >= 11 is 0. The zero-order chi connectivity index (χ0) is 13.8. The number of hydrogen-bond acceptors (Lipinski definition) is 7. The Hall–Kier alpha value is -1.93. The molecular formula is C10H17N5O3. The summed E-state index contributed by atoms with van der Waals surface area (Å²) in [6.45, 7) is 3.75. The van der Waals surface area contributed by atoms with Crippen molar-refractivity contribution in [1.29, 1.82) is 0 Å². The molecule has 0 aliphatic rings. The van der Waals surface area contributed by atoms with Gasteiger partial charge in [0.1, 0.15) is 11.6 Å². The largest absolute Gasteiger partial charge is 0.388 e. The Bertz CT molecular complexity index is 436. The summed E-state index contributed by atoms with van der Waals surface area (Å²) in [4.78, 5) is 14.2. The molecule has 0 amide bonds. The van der Waals surface area contributed by atoms with Crippen molar-refractivity contribution >= 4 is 17.3 Å². The predicted molar refractivity (Wildman–Crippen MR) is 68.1 cm³/mol. The first-order valence-corrected chi connectivity index (χ1v) is 5.47. The maximum Gasteiger partial charge on any atom is 0.276 e. The predicted octanol–water partition coefficient (Wildman–Crippen LogP) is 0.848. The van der Waals surface area contributed by atoms with E-state index in [2.05, 4.69) is 15.7 Å². The highest BCUT2D eigenvalue weighted by Gasteiger charge is 2.18. The van der Waals surface area contributed by atoms with E-state index in [4.69, 9.17) is 5.84 Å². The molecule has 0 fully saturated rings. The Balaban J connectivity index is 2.88. The Kier molecular flexibility index (Phi) is 4.40. The summed E-state index contributed by atoms with van der Waals surface area (Å²) in [5.41, 5.74) is 1.23.